The smallest absolute Gasteiger partial charge is 0.331 e. The van der Waals surface area contributed by atoms with E-state index >= 15 is 0 Å². The monoisotopic (exact) mass is 314 g/mol. The zero-order valence-corrected chi connectivity index (χ0v) is 13.8. The second-order valence-electron chi connectivity index (χ2n) is 5.59. The van der Waals surface area contributed by atoms with Crippen molar-refractivity contribution in [2.24, 2.45) is 11.8 Å². The molecule has 22 heavy (non-hydrogen) atoms. The maximum atomic E-state index is 11.7. The molecular formula is C15H26N2O5. The van der Waals surface area contributed by atoms with Gasteiger partial charge in [-0.25, -0.2) is 14.4 Å². The van der Waals surface area contributed by atoms with E-state index in [0.717, 1.165) is 12.2 Å². The van der Waals surface area contributed by atoms with Gasteiger partial charge in [-0.2, -0.15) is 0 Å². The molecule has 0 radical (unpaired) electrons. The Balaban J connectivity index is 4.30. The third-order valence-corrected chi connectivity index (χ3v) is 2.75. The fourth-order valence-electron chi connectivity index (χ4n) is 1.34. The Morgan fingerprint density at radius 2 is 1.64 bits per heavy atom. The van der Waals surface area contributed by atoms with Gasteiger partial charge in [-0.05, 0) is 11.8 Å². The predicted octanol–water partition coefficient (Wildman–Crippen LogP) is 1.24. The van der Waals surface area contributed by atoms with Gasteiger partial charge in [-0.1, -0.05) is 27.7 Å². The molecule has 0 aromatic rings. The van der Waals surface area contributed by atoms with Gasteiger partial charge in [0.1, 0.15) is 6.61 Å². The highest BCUT2D eigenvalue weighted by Crippen LogP contribution is 2.03. The van der Waals surface area contributed by atoms with Crippen molar-refractivity contribution in [1.29, 1.82) is 0 Å². The summed E-state index contributed by atoms with van der Waals surface area (Å²) in [5, 5.41) is 5.50. The Morgan fingerprint density at radius 1 is 1.05 bits per heavy atom. The van der Waals surface area contributed by atoms with Gasteiger partial charge in [-0.15, -0.1) is 0 Å². The van der Waals surface area contributed by atoms with Crippen LogP contribution >= 0.6 is 0 Å². The maximum Gasteiger partial charge on any atom is 0.331 e. The molecule has 0 aliphatic carbocycles. The van der Waals surface area contributed by atoms with Crippen LogP contribution in [-0.4, -0.2) is 44.3 Å². The zero-order valence-electron chi connectivity index (χ0n) is 13.8. The average Bonchev–Trinajstić information content (AvgIpc) is 2.46. The Bertz CT molecular complexity index is 405. The molecule has 0 aliphatic rings. The second kappa shape index (κ2) is 10.6. The summed E-state index contributed by atoms with van der Waals surface area (Å²) in [4.78, 5) is 34.0. The van der Waals surface area contributed by atoms with Crippen molar-refractivity contribution in [1.82, 2.24) is 10.6 Å². The summed E-state index contributed by atoms with van der Waals surface area (Å²) < 4.78 is 9.38. The van der Waals surface area contributed by atoms with Crippen LogP contribution in [0.15, 0.2) is 12.2 Å². The first-order chi connectivity index (χ1) is 10.3. The normalized spacial score (nSPS) is 12.3. The molecule has 0 aliphatic heterocycles. The van der Waals surface area contributed by atoms with Gasteiger partial charge in [0.05, 0.1) is 13.2 Å². The molecule has 0 bridgehead atoms. The Labute approximate surface area is 131 Å². The highest BCUT2D eigenvalue weighted by Gasteiger charge is 2.18. The number of nitrogens with one attached hydrogen (secondary N) is 2. The van der Waals surface area contributed by atoms with Crippen LogP contribution in [0.25, 0.3) is 0 Å². The van der Waals surface area contributed by atoms with E-state index < -0.39 is 11.9 Å². The van der Waals surface area contributed by atoms with E-state index in [2.05, 4.69) is 15.4 Å². The summed E-state index contributed by atoms with van der Waals surface area (Å²) in [5.41, 5.74) is 0. The molecule has 0 heterocycles. The topological polar surface area (TPSA) is 93.7 Å². The van der Waals surface area contributed by atoms with Gasteiger partial charge < -0.3 is 20.1 Å². The van der Waals surface area contributed by atoms with E-state index in [4.69, 9.17) is 4.74 Å². The largest absolute Gasteiger partial charge is 0.466 e. The maximum absolute atomic E-state index is 11.7. The molecule has 0 saturated heterocycles. The SMILES string of the molecule is COC(=O)/C=C/C(=O)OC[C@@H](NC(=O)NCC(C)C)C(C)C. The van der Waals surface area contributed by atoms with Crippen molar-refractivity contribution in [3.05, 3.63) is 12.2 Å². The van der Waals surface area contributed by atoms with Crippen molar-refractivity contribution < 1.29 is 23.9 Å². The van der Waals surface area contributed by atoms with Crippen LogP contribution in [0, 0.1) is 11.8 Å². The first-order valence-electron chi connectivity index (χ1n) is 7.23. The van der Waals surface area contributed by atoms with Crippen molar-refractivity contribution in [2.45, 2.75) is 33.7 Å². The third-order valence-electron chi connectivity index (χ3n) is 2.75. The lowest BCUT2D eigenvalue weighted by Gasteiger charge is -2.22. The molecule has 1 atom stereocenters. The van der Waals surface area contributed by atoms with Gasteiger partial charge in [0.25, 0.3) is 0 Å². The summed E-state index contributed by atoms with van der Waals surface area (Å²) in [6.45, 7) is 8.40. The van der Waals surface area contributed by atoms with Crippen LogP contribution in [0.3, 0.4) is 0 Å². The lowest BCUT2D eigenvalue weighted by Crippen LogP contribution is -2.47. The number of methoxy groups -OCH3 is 1. The van der Waals surface area contributed by atoms with Crippen LogP contribution in [0.1, 0.15) is 27.7 Å². The van der Waals surface area contributed by atoms with Gasteiger partial charge in [0, 0.05) is 18.7 Å². The number of rotatable bonds is 8. The minimum atomic E-state index is -0.666. The van der Waals surface area contributed by atoms with Gasteiger partial charge in [0.15, 0.2) is 0 Å². The average molecular weight is 314 g/mol. The molecule has 0 spiro atoms. The number of urea groups is 1. The predicted molar refractivity (Wildman–Crippen MR) is 82.1 cm³/mol. The molecule has 0 aromatic carbocycles. The summed E-state index contributed by atoms with van der Waals surface area (Å²) in [7, 11) is 1.21. The van der Waals surface area contributed by atoms with Crippen LogP contribution in [-0.2, 0) is 19.1 Å². The molecule has 0 aromatic heterocycles. The lowest BCUT2D eigenvalue weighted by molar-refractivity contribution is -0.140. The summed E-state index contributed by atoms with van der Waals surface area (Å²) in [6, 6.07) is -0.615. The molecule has 0 unspecified atom stereocenters. The molecule has 7 nitrogen and oxygen atoms in total. The molecule has 2 amide bonds. The minimum Gasteiger partial charge on any atom is -0.466 e. The van der Waals surface area contributed by atoms with Gasteiger partial charge in [-0.3, -0.25) is 0 Å². The Morgan fingerprint density at radius 3 is 2.14 bits per heavy atom. The fraction of sp³-hybridized carbons (Fsp3) is 0.667. The molecule has 7 heteroatoms. The highest BCUT2D eigenvalue weighted by atomic mass is 16.5. The number of esters is 2. The number of ether oxygens (including phenoxy) is 2. The summed E-state index contributed by atoms with van der Waals surface area (Å²) in [5.74, 6) is -0.865. The minimum absolute atomic E-state index is 0.0249. The zero-order chi connectivity index (χ0) is 17.1. The summed E-state index contributed by atoms with van der Waals surface area (Å²) in [6.07, 6.45) is 1.97. The van der Waals surface area contributed by atoms with Crippen molar-refractivity contribution in [3.63, 3.8) is 0 Å². The van der Waals surface area contributed by atoms with Crippen molar-refractivity contribution >= 4 is 18.0 Å². The highest BCUT2D eigenvalue weighted by molar-refractivity contribution is 5.91. The quantitative estimate of drug-likeness (QED) is 0.519. The molecule has 126 valence electrons. The number of carbonyl (C=O) groups is 3. The molecule has 0 rings (SSSR count). The lowest BCUT2D eigenvalue weighted by atomic mass is 10.1. The van der Waals surface area contributed by atoms with Crippen LogP contribution in [0.4, 0.5) is 4.79 Å². The molecule has 0 saturated carbocycles. The Hall–Kier alpha value is -2.05. The van der Waals surface area contributed by atoms with E-state index in [1.54, 1.807) is 0 Å². The second-order valence-corrected chi connectivity index (χ2v) is 5.59. The van der Waals surface area contributed by atoms with Crippen LogP contribution < -0.4 is 10.6 Å². The number of hydrogen-bond donors (Lipinski definition) is 2. The summed E-state index contributed by atoms with van der Waals surface area (Å²) >= 11 is 0. The van der Waals surface area contributed by atoms with E-state index in [-0.39, 0.29) is 24.6 Å². The fourth-order valence-corrected chi connectivity index (χ4v) is 1.34. The van der Waals surface area contributed by atoms with Crippen molar-refractivity contribution in [2.75, 3.05) is 20.3 Å². The van der Waals surface area contributed by atoms with Gasteiger partial charge >= 0.3 is 18.0 Å². The van der Waals surface area contributed by atoms with E-state index in [1.165, 1.54) is 7.11 Å². The van der Waals surface area contributed by atoms with Gasteiger partial charge in [0.2, 0.25) is 0 Å². The number of carbonyl (C=O) groups excluding carboxylic acids is 3. The first-order valence-corrected chi connectivity index (χ1v) is 7.23. The van der Waals surface area contributed by atoms with E-state index in [9.17, 15) is 14.4 Å². The van der Waals surface area contributed by atoms with E-state index in [1.807, 2.05) is 27.7 Å². The van der Waals surface area contributed by atoms with Crippen LogP contribution in [0.2, 0.25) is 0 Å². The molecule has 2 N–H and O–H groups in total. The number of hydrogen-bond acceptors (Lipinski definition) is 5. The molecule has 0 fully saturated rings. The standard InChI is InChI=1S/C15H26N2O5/c1-10(2)8-16-15(20)17-12(11(3)4)9-22-14(19)7-6-13(18)21-5/h6-7,10-12H,8-9H2,1-5H3,(H2,16,17,20)/b7-6+/t12-/m1/s1. The third kappa shape index (κ3) is 9.79. The van der Waals surface area contributed by atoms with E-state index in [0.29, 0.717) is 12.5 Å². The number of amides is 2. The molecular weight excluding hydrogens is 288 g/mol. The van der Waals surface area contributed by atoms with Crippen LogP contribution in [0.5, 0.6) is 0 Å². The van der Waals surface area contributed by atoms with Crippen molar-refractivity contribution in [3.8, 4) is 0 Å². The first kappa shape index (κ1) is 19.9. The Kier molecular flexibility index (Phi) is 9.65.